The molecule has 0 aromatic heterocycles. The molecule has 3 aliphatic carbocycles. The number of carbonyl (C=O) groups excluding carboxylic acids is 1. The second-order valence-corrected chi connectivity index (χ2v) is 8.97. The largest absolute Gasteiger partial charge is 0.481 e. The van der Waals surface area contributed by atoms with E-state index in [1.165, 1.54) is 17.5 Å². The molecule has 5 nitrogen and oxygen atoms in total. The number of carboxylic acids is 1. The van der Waals surface area contributed by atoms with Gasteiger partial charge in [0.1, 0.15) is 6.61 Å². The molecule has 2 aromatic carbocycles. The van der Waals surface area contributed by atoms with Gasteiger partial charge in [0.05, 0.1) is 5.41 Å². The van der Waals surface area contributed by atoms with E-state index in [1.807, 2.05) is 24.3 Å². The van der Waals surface area contributed by atoms with Gasteiger partial charge in [-0.2, -0.15) is 0 Å². The first kappa shape index (κ1) is 18.2. The second-order valence-electron chi connectivity index (χ2n) is 8.97. The van der Waals surface area contributed by atoms with E-state index >= 15 is 0 Å². The zero-order valence-corrected chi connectivity index (χ0v) is 16.3. The molecule has 0 heterocycles. The average molecular weight is 391 g/mol. The molecule has 0 bridgehead atoms. The molecule has 29 heavy (non-hydrogen) atoms. The number of hydrogen-bond donors (Lipinski definition) is 2. The number of benzene rings is 2. The Hall–Kier alpha value is -2.82. The van der Waals surface area contributed by atoms with E-state index in [-0.39, 0.29) is 24.5 Å². The zero-order chi connectivity index (χ0) is 20.1. The number of rotatable bonds is 5. The Morgan fingerprint density at radius 3 is 2.10 bits per heavy atom. The Morgan fingerprint density at radius 1 is 1.00 bits per heavy atom. The second kappa shape index (κ2) is 6.61. The lowest BCUT2D eigenvalue weighted by atomic mass is 9.45. The first-order valence-corrected chi connectivity index (χ1v) is 10.3. The highest BCUT2D eigenvalue weighted by Gasteiger charge is 2.60. The number of fused-ring (bicyclic) bond motifs is 3. The molecule has 3 aliphatic rings. The van der Waals surface area contributed by atoms with Gasteiger partial charge in [-0.1, -0.05) is 55.0 Å². The van der Waals surface area contributed by atoms with E-state index < -0.39 is 17.5 Å². The van der Waals surface area contributed by atoms with Gasteiger partial charge in [-0.25, -0.2) is 4.79 Å². The van der Waals surface area contributed by atoms with Crippen LogP contribution in [0, 0.1) is 10.8 Å². The Bertz CT molecular complexity index is 925. The highest BCUT2D eigenvalue weighted by molar-refractivity contribution is 5.80. The molecule has 2 N–H and O–H groups in total. The van der Waals surface area contributed by atoms with Gasteiger partial charge in [-0.3, -0.25) is 4.79 Å². The fourth-order valence-electron chi connectivity index (χ4n) is 5.66. The number of ether oxygens (including phenoxy) is 1. The van der Waals surface area contributed by atoms with E-state index in [0.29, 0.717) is 12.8 Å². The summed E-state index contributed by atoms with van der Waals surface area (Å²) >= 11 is 0. The normalized spacial score (nSPS) is 20.1. The molecule has 0 radical (unpaired) electrons. The maximum absolute atomic E-state index is 12.4. The molecule has 0 aliphatic heterocycles. The highest BCUT2D eigenvalue weighted by Crippen LogP contribution is 2.64. The van der Waals surface area contributed by atoms with Crippen LogP contribution in [-0.2, 0) is 9.53 Å². The van der Waals surface area contributed by atoms with Crippen LogP contribution >= 0.6 is 0 Å². The van der Waals surface area contributed by atoms with Crippen molar-refractivity contribution >= 4 is 12.1 Å². The number of hydrogen-bond acceptors (Lipinski definition) is 3. The molecule has 2 aromatic rings. The summed E-state index contributed by atoms with van der Waals surface area (Å²) in [6.45, 7) is 0.380. The van der Waals surface area contributed by atoms with Gasteiger partial charge >= 0.3 is 12.1 Å². The van der Waals surface area contributed by atoms with Gasteiger partial charge in [0.25, 0.3) is 0 Å². The van der Waals surface area contributed by atoms with Crippen molar-refractivity contribution in [3.63, 3.8) is 0 Å². The van der Waals surface area contributed by atoms with Crippen molar-refractivity contribution in [1.82, 2.24) is 5.32 Å². The van der Waals surface area contributed by atoms with E-state index in [1.54, 1.807) is 0 Å². The molecule has 5 heteroatoms. The molecule has 150 valence electrons. The number of amides is 1. The number of aliphatic carboxylic acids is 1. The van der Waals surface area contributed by atoms with Crippen LogP contribution in [0.3, 0.4) is 0 Å². The molecular formula is C24H25NO4. The predicted octanol–water partition coefficient (Wildman–Crippen LogP) is 4.56. The van der Waals surface area contributed by atoms with Crippen LogP contribution in [0.2, 0.25) is 0 Å². The van der Waals surface area contributed by atoms with Crippen molar-refractivity contribution < 1.29 is 19.4 Å². The smallest absolute Gasteiger partial charge is 0.407 e. The highest BCUT2D eigenvalue weighted by atomic mass is 16.5. The van der Waals surface area contributed by atoms with Crippen LogP contribution in [-0.4, -0.2) is 30.3 Å². The minimum absolute atomic E-state index is 0.00327. The number of carboxylic acid groups (broad SMARTS) is 1. The van der Waals surface area contributed by atoms with Crippen molar-refractivity contribution in [2.45, 2.75) is 38.0 Å². The van der Waals surface area contributed by atoms with Gasteiger partial charge in [0, 0.05) is 12.5 Å². The zero-order valence-electron chi connectivity index (χ0n) is 16.3. The fourth-order valence-corrected chi connectivity index (χ4v) is 5.66. The SMILES string of the molecule is O=C(NCC1(C(=O)O)CC2(CCC2)C1)OCC1c2ccccc2-c2ccccc21. The van der Waals surface area contributed by atoms with Crippen molar-refractivity contribution in [2.24, 2.45) is 10.8 Å². The van der Waals surface area contributed by atoms with Gasteiger partial charge in [0.15, 0.2) is 0 Å². The van der Waals surface area contributed by atoms with Crippen LogP contribution < -0.4 is 5.32 Å². The lowest BCUT2D eigenvalue weighted by Crippen LogP contribution is -2.59. The quantitative estimate of drug-likeness (QED) is 0.783. The minimum atomic E-state index is -0.827. The molecular weight excluding hydrogens is 366 g/mol. The van der Waals surface area contributed by atoms with Crippen LogP contribution in [0.4, 0.5) is 4.79 Å². The third kappa shape index (κ3) is 2.91. The number of nitrogens with one attached hydrogen (secondary N) is 1. The Morgan fingerprint density at radius 2 is 1.59 bits per heavy atom. The number of carbonyl (C=O) groups is 2. The predicted molar refractivity (Wildman–Crippen MR) is 109 cm³/mol. The third-order valence-electron chi connectivity index (χ3n) is 7.21. The fraction of sp³-hybridized carbons (Fsp3) is 0.417. The monoisotopic (exact) mass is 391 g/mol. The Balaban J connectivity index is 1.22. The minimum Gasteiger partial charge on any atom is -0.481 e. The molecule has 2 saturated carbocycles. The molecule has 0 atom stereocenters. The third-order valence-corrected chi connectivity index (χ3v) is 7.21. The average Bonchev–Trinajstić information content (AvgIpc) is 2.98. The molecule has 0 unspecified atom stereocenters. The maximum atomic E-state index is 12.4. The first-order valence-electron chi connectivity index (χ1n) is 10.3. The van der Waals surface area contributed by atoms with Crippen molar-refractivity contribution in [3.8, 4) is 11.1 Å². The Kier molecular flexibility index (Phi) is 4.16. The van der Waals surface area contributed by atoms with E-state index in [2.05, 4.69) is 29.6 Å². The van der Waals surface area contributed by atoms with Gasteiger partial charge in [0.2, 0.25) is 0 Å². The number of alkyl carbamates (subject to hydrolysis) is 1. The topological polar surface area (TPSA) is 75.6 Å². The van der Waals surface area contributed by atoms with E-state index in [9.17, 15) is 14.7 Å². The summed E-state index contributed by atoms with van der Waals surface area (Å²) in [4.78, 5) is 24.1. The van der Waals surface area contributed by atoms with Crippen molar-refractivity contribution in [1.29, 1.82) is 0 Å². The summed E-state index contributed by atoms with van der Waals surface area (Å²) < 4.78 is 5.53. The van der Waals surface area contributed by atoms with Crippen LogP contribution in [0.15, 0.2) is 48.5 Å². The standard InChI is InChI=1S/C24H25NO4/c26-21(27)24(13-23(14-24)10-5-11-23)15-25-22(28)29-12-20-18-8-3-1-6-16(18)17-7-2-4-9-19(17)20/h1-4,6-9,20H,5,10-15H2,(H,25,28)(H,26,27). The van der Waals surface area contributed by atoms with E-state index in [0.717, 1.165) is 24.0 Å². The van der Waals surface area contributed by atoms with Crippen molar-refractivity contribution in [2.75, 3.05) is 13.2 Å². The summed E-state index contributed by atoms with van der Waals surface area (Å²) in [7, 11) is 0. The molecule has 0 saturated heterocycles. The molecule has 1 amide bonds. The van der Waals surface area contributed by atoms with Gasteiger partial charge in [-0.15, -0.1) is 0 Å². The molecule has 2 fully saturated rings. The van der Waals surface area contributed by atoms with Crippen LogP contribution in [0.25, 0.3) is 11.1 Å². The summed E-state index contributed by atoms with van der Waals surface area (Å²) in [5.41, 5.74) is 4.08. The van der Waals surface area contributed by atoms with Gasteiger partial charge in [-0.05, 0) is 53.4 Å². The van der Waals surface area contributed by atoms with Crippen molar-refractivity contribution in [3.05, 3.63) is 59.7 Å². The van der Waals surface area contributed by atoms with Gasteiger partial charge < -0.3 is 15.2 Å². The van der Waals surface area contributed by atoms with Crippen LogP contribution in [0.1, 0.15) is 49.1 Å². The summed E-state index contributed by atoms with van der Waals surface area (Å²) in [5.74, 6) is -0.808. The van der Waals surface area contributed by atoms with Crippen LogP contribution in [0.5, 0.6) is 0 Å². The first-order chi connectivity index (χ1) is 14.0. The summed E-state index contributed by atoms with van der Waals surface area (Å²) in [5, 5.41) is 12.4. The molecule has 1 spiro atoms. The summed E-state index contributed by atoms with van der Waals surface area (Å²) in [6.07, 6.45) is 4.22. The Labute approximate surface area is 170 Å². The maximum Gasteiger partial charge on any atom is 0.407 e. The van der Waals surface area contributed by atoms with E-state index in [4.69, 9.17) is 4.74 Å². The summed E-state index contributed by atoms with van der Waals surface area (Å²) in [6, 6.07) is 16.4. The molecule has 5 rings (SSSR count). The lowest BCUT2D eigenvalue weighted by Gasteiger charge is -2.59. The lowest BCUT2D eigenvalue weighted by molar-refractivity contribution is -0.173.